The van der Waals surface area contributed by atoms with Gasteiger partial charge in [0.05, 0.1) is 22.5 Å². The van der Waals surface area contributed by atoms with Crippen molar-refractivity contribution in [3.8, 4) is 22.5 Å². The monoisotopic (exact) mass is 587 g/mol. The zero-order chi connectivity index (χ0) is 30.6. The number of halogens is 2. The van der Waals surface area contributed by atoms with Gasteiger partial charge in [0, 0.05) is 41.6 Å². The van der Waals surface area contributed by atoms with Gasteiger partial charge in [0.1, 0.15) is 17.3 Å². The SMILES string of the molecule is C=Cc1c(-c2ccnc(Nc3ccc4c(c3)CNCC4)n2)c(-c2cccc(NC(=C)c3c(F)cccc3F)c2)nn1/C=C\C. The highest BCUT2D eigenvalue weighted by atomic mass is 19.1. The molecule has 5 aromatic rings. The molecule has 7 nitrogen and oxygen atoms in total. The van der Waals surface area contributed by atoms with E-state index in [-0.39, 0.29) is 11.3 Å². The van der Waals surface area contributed by atoms with Crippen LogP contribution >= 0.6 is 0 Å². The number of benzene rings is 3. The molecule has 0 saturated carbocycles. The molecule has 44 heavy (non-hydrogen) atoms. The van der Waals surface area contributed by atoms with Gasteiger partial charge in [-0.2, -0.15) is 5.10 Å². The average Bonchev–Trinajstić information content (AvgIpc) is 3.40. The lowest BCUT2D eigenvalue weighted by Crippen LogP contribution is -2.23. The van der Waals surface area contributed by atoms with E-state index in [1.807, 2.05) is 49.5 Å². The van der Waals surface area contributed by atoms with Crippen molar-refractivity contribution in [1.82, 2.24) is 25.1 Å². The van der Waals surface area contributed by atoms with Crippen LogP contribution in [0.5, 0.6) is 0 Å². The maximum atomic E-state index is 14.4. The predicted octanol–water partition coefficient (Wildman–Crippen LogP) is 7.89. The van der Waals surface area contributed by atoms with E-state index in [1.54, 1.807) is 23.0 Å². The Morgan fingerprint density at radius 1 is 1.00 bits per heavy atom. The molecule has 3 heterocycles. The van der Waals surface area contributed by atoms with E-state index in [0.717, 1.165) is 42.0 Å². The fraction of sp³-hybridized carbons (Fsp3) is 0.114. The molecule has 3 N–H and O–H groups in total. The second-order valence-corrected chi connectivity index (χ2v) is 10.3. The normalized spacial score (nSPS) is 12.6. The first-order chi connectivity index (χ1) is 21.4. The van der Waals surface area contributed by atoms with Crippen molar-refractivity contribution in [2.45, 2.75) is 19.9 Å². The standard InChI is InChI=1S/C35H31F2N7/c1-4-18-44-31(5-2)33(30-15-17-39-35(42-30)41-27-13-12-23-14-16-38-21-25(23)20-27)34(43-44)24-8-6-9-26(19-24)40-22(3)32-28(36)10-7-11-29(32)37/h4-13,15,17-20,38,40H,2-3,14,16,21H2,1H3,(H,39,41,42)/b18-4-. The number of fused-ring (bicyclic) bond motifs is 1. The van der Waals surface area contributed by atoms with E-state index in [4.69, 9.17) is 10.1 Å². The molecule has 0 unspecified atom stereocenters. The van der Waals surface area contributed by atoms with E-state index in [9.17, 15) is 8.78 Å². The smallest absolute Gasteiger partial charge is 0.227 e. The summed E-state index contributed by atoms with van der Waals surface area (Å²) in [6.45, 7) is 11.6. The molecule has 0 bridgehead atoms. The molecule has 3 aromatic carbocycles. The van der Waals surface area contributed by atoms with Crippen LogP contribution in [0.15, 0.2) is 92.2 Å². The van der Waals surface area contributed by atoms with Crippen LogP contribution in [-0.2, 0) is 13.0 Å². The van der Waals surface area contributed by atoms with Crippen LogP contribution in [0, 0.1) is 11.6 Å². The largest absolute Gasteiger partial charge is 0.355 e. The van der Waals surface area contributed by atoms with Crippen LogP contribution in [0.1, 0.15) is 29.3 Å². The van der Waals surface area contributed by atoms with Crippen molar-refractivity contribution in [3.63, 3.8) is 0 Å². The molecular weight excluding hydrogens is 556 g/mol. The van der Waals surface area contributed by atoms with Gasteiger partial charge in [0.2, 0.25) is 5.95 Å². The van der Waals surface area contributed by atoms with E-state index in [0.29, 0.717) is 23.0 Å². The Hall–Kier alpha value is -5.41. The highest BCUT2D eigenvalue weighted by molar-refractivity contribution is 5.87. The van der Waals surface area contributed by atoms with Crippen molar-refractivity contribution in [2.24, 2.45) is 0 Å². The first kappa shape index (κ1) is 28.7. The lowest BCUT2D eigenvalue weighted by Gasteiger charge is -2.18. The fourth-order valence-corrected chi connectivity index (χ4v) is 5.37. The van der Waals surface area contributed by atoms with E-state index in [2.05, 4.69) is 46.2 Å². The molecule has 2 aromatic heterocycles. The number of hydrogen-bond donors (Lipinski definition) is 3. The second-order valence-electron chi connectivity index (χ2n) is 10.3. The van der Waals surface area contributed by atoms with Crippen LogP contribution < -0.4 is 16.0 Å². The summed E-state index contributed by atoms with van der Waals surface area (Å²) in [5.41, 5.74) is 7.57. The van der Waals surface area contributed by atoms with Gasteiger partial charge in [-0.25, -0.2) is 23.4 Å². The Morgan fingerprint density at radius 3 is 2.61 bits per heavy atom. The molecule has 0 spiro atoms. The lowest BCUT2D eigenvalue weighted by molar-refractivity contribution is 0.577. The third-order valence-corrected chi connectivity index (χ3v) is 7.39. The summed E-state index contributed by atoms with van der Waals surface area (Å²) in [7, 11) is 0. The van der Waals surface area contributed by atoms with Crippen molar-refractivity contribution >= 4 is 35.3 Å². The number of allylic oxidation sites excluding steroid dienone is 1. The Bertz CT molecular complexity index is 1890. The second kappa shape index (κ2) is 12.4. The van der Waals surface area contributed by atoms with E-state index >= 15 is 0 Å². The summed E-state index contributed by atoms with van der Waals surface area (Å²) >= 11 is 0. The van der Waals surface area contributed by atoms with Gasteiger partial charge in [-0.05, 0) is 79.6 Å². The molecule has 0 amide bonds. The highest BCUT2D eigenvalue weighted by Gasteiger charge is 2.21. The number of aromatic nitrogens is 4. The first-order valence-corrected chi connectivity index (χ1v) is 14.3. The van der Waals surface area contributed by atoms with Gasteiger partial charge in [0.25, 0.3) is 0 Å². The molecule has 9 heteroatoms. The van der Waals surface area contributed by atoms with Crippen LogP contribution in [0.25, 0.3) is 40.5 Å². The summed E-state index contributed by atoms with van der Waals surface area (Å²) in [5, 5.41) is 14.7. The number of nitrogens with zero attached hydrogens (tertiary/aromatic N) is 4. The summed E-state index contributed by atoms with van der Waals surface area (Å²) in [4.78, 5) is 9.35. The molecule has 0 fully saturated rings. The van der Waals surface area contributed by atoms with Gasteiger partial charge < -0.3 is 16.0 Å². The molecule has 1 aliphatic rings. The minimum absolute atomic E-state index is 0.105. The summed E-state index contributed by atoms with van der Waals surface area (Å²) in [6, 6.07) is 19.3. The topological polar surface area (TPSA) is 79.7 Å². The van der Waals surface area contributed by atoms with Gasteiger partial charge in [-0.3, -0.25) is 0 Å². The van der Waals surface area contributed by atoms with Gasteiger partial charge in [-0.1, -0.05) is 43.5 Å². The molecule has 6 rings (SSSR count). The number of rotatable bonds is 9. The van der Waals surface area contributed by atoms with Gasteiger partial charge >= 0.3 is 0 Å². The van der Waals surface area contributed by atoms with Crippen LogP contribution in [0.2, 0.25) is 0 Å². The number of hydrogen-bond acceptors (Lipinski definition) is 6. The number of nitrogens with one attached hydrogen (secondary N) is 3. The van der Waals surface area contributed by atoms with Gasteiger partial charge in [0.15, 0.2) is 0 Å². The zero-order valence-corrected chi connectivity index (χ0v) is 24.2. The number of anilines is 3. The predicted molar refractivity (Wildman–Crippen MR) is 174 cm³/mol. The maximum absolute atomic E-state index is 14.4. The summed E-state index contributed by atoms with van der Waals surface area (Å²) < 4.78 is 30.6. The lowest BCUT2D eigenvalue weighted by atomic mass is 10.0. The molecule has 0 radical (unpaired) electrons. The van der Waals surface area contributed by atoms with Crippen LogP contribution in [0.4, 0.5) is 26.1 Å². The Labute approximate surface area is 254 Å². The average molecular weight is 588 g/mol. The minimum Gasteiger partial charge on any atom is -0.355 e. The maximum Gasteiger partial charge on any atom is 0.227 e. The van der Waals surface area contributed by atoms with Crippen molar-refractivity contribution in [1.29, 1.82) is 0 Å². The van der Waals surface area contributed by atoms with Crippen LogP contribution in [0.3, 0.4) is 0 Å². The first-order valence-electron chi connectivity index (χ1n) is 14.3. The zero-order valence-electron chi connectivity index (χ0n) is 24.2. The van der Waals surface area contributed by atoms with E-state index in [1.165, 1.54) is 29.3 Å². The van der Waals surface area contributed by atoms with Crippen molar-refractivity contribution < 1.29 is 8.78 Å². The summed E-state index contributed by atoms with van der Waals surface area (Å²) in [6.07, 6.45) is 8.18. The molecule has 0 atom stereocenters. The third-order valence-electron chi connectivity index (χ3n) is 7.39. The van der Waals surface area contributed by atoms with E-state index < -0.39 is 11.6 Å². The third kappa shape index (κ3) is 5.77. The quantitative estimate of drug-likeness (QED) is 0.163. The minimum atomic E-state index is -0.693. The molecule has 220 valence electrons. The Balaban J connectivity index is 1.37. The van der Waals surface area contributed by atoms with Crippen molar-refractivity contribution in [2.75, 3.05) is 17.2 Å². The highest BCUT2D eigenvalue weighted by Crippen LogP contribution is 2.36. The molecule has 1 aliphatic heterocycles. The molecular formula is C35H31F2N7. The van der Waals surface area contributed by atoms with Crippen LogP contribution in [-0.4, -0.2) is 26.3 Å². The summed E-state index contributed by atoms with van der Waals surface area (Å²) in [5.74, 6) is -0.937. The van der Waals surface area contributed by atoms with Gasteiger partial charge in [-0.15, -0.1) is 0 Å². The Morgan fingerprint density at radius 2 is 1.82 bits per heavy atom. The molecule has 0 saturated heterocycles. The molecule has 0 aliphatic carbocycles. The van der Waals surface area contributed by atoms with Crippen molar-refractivity contribution in [3.05, 3.63) is 126 Å². The Kier molecular flexibility index (Phi) is 8.12. The fourth-order valence-electron chi connectivity index (χ4n) is 5.37.